The molecule has 0 saturated carbocycles. The molecule has 5 nitrogen and oxygen atoms in total. The van der Waals surface area contributed by atoms with Crippen molar-refractivity contribution < 1.29 is 9.59 Å². The van der Waals surface area contributed by atoms with Crippen LogP contribution in [0.4, 0.5) is 0 Å². The van der Waals surface area contributed by atoms with Crippen LogP contribution in [0.5, 0.6) is 0 Å². The molecule has 1 aromatic heterocycles. The van der Waals surface area contributed by atoms with E-state index in [9.17, 15) is 9.59 Å². The van der Waals surface area contributed by atoms with Gasteiger partial charge in [-0.25, -0.2) is 4.98 Å². The molecule has 2 aromatic rings. The second-order valence-corrected chi connectivity index (χ2v) is 7.38. The minimum absolute atomic E-state index is 0.146. The van der Waals surface area contributed by atoms with Gasteiger partial charge in [-0.05, 0) is 5.56 Å². The molecule has 24 heavy (non-hydrogen) atoms. The van der Waals surface area contributed by atoms with Gasteiger partial charge in [0.1, 0.15) is 6.04 Å². The van der Waals surface area contributed by atoms with Gasteiger partial charge in [-0.1, -0.05) is 51.1 Å². The third-order valence-electron chi connectivity index (χ3n) is 3.51. The fourth-order valence-electron chi connectivity index (χ4n) is 2.06. The van der Waals surface area contributed by atoms with Gasteiger partial charge in [0.25, 0.3) is 0 Å². The van der Waals surface area contributed by atoms with Crippen LogP contribution in [0.1, 0.15) is 32.0 Å². The molecule has 0 saturated heterocycles. The third kappa shape index (κ3) is 5.45. The number of aromatic nitrogens is 1. The van der Waals surface area contributed by atoms with Crippen molar-refractivity contribution in [2.75, 3.05) is 0 Å². The highest BCUT2D eigenvalue weighted by Gasteiger charge is 2.27. The second-order valence-electron chi connectivity index (χ2n) is 6.66. The van der Waals surface area contributed by atoms with E-state index in [-0.39, 0.29) is 11.8 Å². The number of thiazole rings is 1. The molecule has 0 fully saturated rings. The Bertz CT molecular complexity index is 663. The summed E-state index contributed by atoms with van der Waals surface area (Å²) in [5.74, 6) is -0.350. The van der Waals surface area contributed by atoms with Gasteiger partial charge in [0.2, 0.25) is 11.8 Å². The van der Waals surface area contributed by atoms with Crippen molar-refractivity contribution >= 4 is 23.2 Å². The number of nitrogens with zero attached hydrogens (tertiary/aromatic N) is 1. The summed E-state index contributed by atoms with van der Waals surface area (Å²) in [6.45, 7) is 5.85. The van der Waals surface area contributed by atoms with E-state index < -0.39 is 11.5 Å². The number of carbonyl (C=O) groups is 2. The number of nitrogens with one attached hydrogen (secondary N) is 2. The highest BCUT2D eigenvalue weighted by molar-refractivity contribution is 7.07. The molecule has 0 aliphatic carbocycles. The van der Waals surface area contributed by atoms with Gasteiger partial charge >= 0.3 is 0 Å². The molecule has 0 bridgehead atoms. The van der Waals surface area contributed by atoms with E-state index in [0.717, 1.165) is 11.3 Å². The maximum absolute atomic E-state index is 12.6. The lowest BCUT2D eigenvalue weighted by atomic mass is 9.94. The van der Waals surface area contributed by atoms with Crippen LogP contribution in [0.3, 0.4) is 0 Å². The minimum Gasteiger partial charge on any atom is -0.349 e. The Morgan fingerprint density at radius 2 is 1.92 bits per heavy atom. The smallest absolute Gasteiger partial charge is 0.243 e. The first-order chi connectivity index (χ1) is 11.4. The second kappa shape index (κ2) is 8.06. The van der Waals surface area contributed by atoms with Gasteiger partial charge < -0.3 is 10.6 Å². The van der Waals surface area contributed by atoms with E-state index in [2.05, 4.69) is 15.6 Å². The molecule has 0 aliphatic rings. The Morgan fingerprint density at radius 1 is 1.21 bits per heavy atom. The highest BCUT2D eigenvalue weighted by atomic mass is 32.1. The maximum Gasteiger partial charge on any atom is 0.243 e. The van der Waals surface area contributed by atoms with Crippen LogP contribution in [0.15, 0.2) is 41.2 Å². The zero-order valence-electron chi connectivity index (χ0n) is 14.2. The van der Waals surface area contributed by atoms with E-state index in [1.165, 1.54) is 11.3 Å². The van der Waals surface area contributed by atoms with E-state index in [1.807, 2.05) is 56.5 Å². The first-order valence-electron chi connectivity index (χ1n) is 7.86. The summed E-state index contributed by atoms with van der Waals surface area (Å²) in [5.41, 5.74) is 2.99. The summed E-state index contributed by atoms with van der Waals surface area (Å²) >= 11 is 1.48. The van der Waals surface area contributed by atoms with E-state index in [1.54, 1.807) is 5.51 Å². The summed E-state index contributed by atoms with van der Waals surface area (Å²) < 4.78 is 0. The molecule has 1 aromatic carbocycles. The predicted molar refractivity (Wildman–Crippen MR) is 95.5 cm³/mol. The van der Waals surface area contributed by atoms with Gasteiger partial charge in [-0.3, -0.25) is 9.59 Å². The molecule has 0 unspecified atom stereocenters. The minimum atomic E-state index is -0.613. The van der Waals surface area contributed by atoms with Gasteiger partial charge in [-0.15, -0.1) is 11.3 Å². The summed E-state index contributed by atoms with van der Waals surface area (Å²) in [4.78, 5) is 29.0. The zero-order valence-corrected chi connectivity index (χ0v) is 15.0. The van der Waals surface area contributed by atoms with Crippen molar-refractivity contribution in [3.05, 3.63) is 52.5 Å². The molecule has 0 spiro atoms. The van der Waals surface area contributed by atoms with Crippen LogP contribution in [0, 0.1) is 5.41 Å². The van der Waals surface area contributed by atoms with Gasteiger partial charge in [0, 0.05) is 17.2 Å². The highest BCUT2D eigenvalue weighted by Crippen LogP contribution is 2.14. The SMILES string of the molecule is CC(C)(C)C(=O)N[C@H](Cc1ccccc1)C(=O)NCc1cscn1. The average Bonchev–Trinajstić information content (AvgIpc) is 3.05. The molecular formula is C18H23N3O2S. The van der Waals surface area contributed by atoms with Crippen LogP contribution >= 0.6 is 11.3 Å². The Hall–Kier alpha value is -2.21. The molecule has 2 N–H and O–H groups in total. The van der Waals surface area contributed by atoms with Crippen molar-refractivity contribution in [1.29, 1.82) is 0 Å². The standard InChI is InChI=1S/C18H23N3O2S/c1-18(2,3)17(23)21-15(9-13-7-5-4-6-8-13)16(22)19-10-14-11-24-12-20-14/h4-8,11-12,15H,9-10H2,1-3H3,(H,19,22)(H,21,23)/t15-/m1/s1. The first-order valence-corrected chi connectivity index (χ1v) is 8.80. The molecule has 1 atom stereocenters. The number of rotatable bonds is 6. The van der Waals surface area contributed by atoms with Crippen LogP contribution in [0.2, 0.25) is 0 Å². The fourth-order valence-corrected chi connectivity index (χ4v) is 2.62. The summed E-state index contributed by atoms with van der Waals surface area (Å²) in [6, 6.07) is 9.05. The van der Waals surface area contributed by atoms with E-state index >= 15 is 0 Å². The topological polar surface area (TPSA) is 71.1 Å². The molecule has 128 valence electrons. The van der Waals surface area contributed by atoms with Crippen LogP contribution in [0.25, 0.3) is 0 Å². The molecule has 6 heteroatoms. The quantitative estimate of drug-likeness (QED) is 0.845. The van der Waals surface area contributed by atoms with Crippen molar-refractivity contribution in [3.63, 3.8) is 0 Å². The third-order valence-corrected chi connectivity index (χ3v) is 4.15. The molecule has 2 amide bonds. The summed E-state index contributed by atoms with van der Waals surface area (Å²) in [5, 5.41) is 7.61. The van der Waals surface area contributed by atoms with Crippen LogP contribution < -0.4 is 10.6 Å². The molecule has 1 heterocycles. The molecule has 2 rings (SSSR count). The monoisotopic (exact) mass is 345 g/mol. The van der Waals surface area contributed by atoms with Gasteiger partial charge in [0.05, 0.1) is 17.7 Å². The molecule has 0 aliphatic heterocycles. The Balaban J connectivity index is 2.05. The van der Waals surface area contributed by atoms with Gasteiger partial charge in [-0.2, -0.15) is 0 Å². The molecule has 0 radical (unpaired) electrons. The van der Waals surface area contributed by atoms with Crippen molar-refractivity contribution in [1.82, 2.24) is 15.6 Å². The van der Waals surface area contributed by atoms with E-state index in [0.29, 0.717) is 13.0 Å². The van der Waals surface area contributed by atoms with Crippen molar-refractivity contribution in [3.8, 4) is 0 Å². The Morgan fingerprint density at radius 3 is 2.50 bits per heavy atom. The number of hydrogen-bond donors (Lipinski definition) is 2. The number of hydrogen-bond acceptors (Lipinski definition) is 4. The maximum atomic E-state index is 12.6. The fraction of sp³-hybridized carbons (Fsp3) is 0.389. The largest absolute Gasteiger partial charge is 0.349 e. The predicted octanol–water partition coefficient (Wildman–Crippen LogP) is 2.53. The zero-order chi connectivity index (χ0) is 17.6. The first kappa shape index (κ1) is 18.1. The Labute approximate surface area is 146 Å². The lowest BCUT2D eigenvalue weighted by Gasteiger charge is -2.24. The molecular weight excluding hydrogens is 322 g/mol. The summed E-state index contributed by atoms with van der Waals surface area (Å²) in [7, 11) is 0. The van der Waals surface area contributed by atoms with Crippen molar-refractivity contribution in [2.24, 2.45) is 5.41 Å². The van der Waals surface area contributed by atoms with Crippen molar-refractivity contribution in [2.45, 2.75) is 39.8 Å². The normalized spacial score (nSPS) is 12.5. The van der Waals surface area contributed by atoms with Gasteiger partial charge in [0.15, 0.2) is 0 Å². The Kier molecular flexibility index (Phi) is 6.09. The lowest BCUT2D eigenvalue weighted by molar-refractivity contribution is -0.133. The number of benzene rings is 1. The average molecular weight is 345 g/mol. The lowest BCUT2D eigenvalue weighted by Crippen LogP contribution is -2.50. The van der Waals surface area contributed by atoms with E-state index in [4.69, 9.17) is 0 Å². The van der Waals surface area contributed by atoms with Crippen LogP contribution in [-0.2, 0) is 22.6 Å². The number of carbonyl (C=O) groups excluding carboxylic acids is 2. The summed E-state index contributed by atoms with van der Waals surface area (Å²) in [6.07, 6.45) is 0.450. The number of amides is 2. The van der Waals surface area contributed by atoms with Crippen LogP contribution in [-0.4, -0.2) is 22.8 Å².